The van der Waals surface area contributed by atoms with Gasteiger partial charge in [-0.1, -0.05) is 11.6 Å². The minimum Gasteiger partial charge on any atom is -0.326 e. The third-order valence-corrected chi connectivity index (χ3v) is 4.70. The van der Waals surface area contributed by atoms with E-state index in [1.54, 1.807) is 19.1 Å². The molecule has 0 saturated carbocycles. The zero-order valence-electron chi connectivity index (χ0n) is 11.3. The Kier molecular flexibility index (Phi) is 3.64. The van der Waals surface area contributed by atoms with Gasteiger partial charge in [0.2, 0.25) is 5.82 Å². The van der Waals surface area contributed by atoms with Gasteiger partial charge >= 0.3 is 6.18 Å². The van der Waals surface area contributed by atoms with E-state index >= 15 is 0 Å². The van der Waals surface area contributed by atoms with Crippen LogP contribution in [0.4, 0.5) is 13.2 Å². The van der Waals surface area contributed by atoms with Gasteiger partial charge in [-0.3, -0.25) is 4.79 Å². The molecule has 1 aliphatic heterocycles. The van der Waals surface area contributed by atoms with E-state index in [-0.39, 0.29) is 24.8 Å². The van der Waals surface area contributed by atoms with Crippen molar-refractivity contribution in [2.24, 2.45) is 0 Å². The van der Waals surface area contributed by atoms with Crippen molar-refractivity contribution in [2.75, 3.05) is 6.54 Å². The lowest BCUT2D eigenvalue weighted by atomic mass is 10.2. The van der Waals surface area contributed by atoms with E-state index in [9.17, 15) is 18.0 Å². The average Bonchev–Trinajstić information content (AvgIpc) is 3.04. The molecule has 118 valence electrons. The average molecular weight is 351 g/mol. The van der Waals surface area contributed by atoms with Crippen LogP contribution in [0, 0.1) is 0 Å². The SMILES string of the molecule is CC1c2nnc(C(F)(F)F)n2CCN1C(=O)c1ccc(Cl)s1. The molecular weight excluding hydrogens is 341 g/mol. The number of alkyl halides is 3. The maximum Gasteiger partial charge on any atom is 0.451 e. The van der Waals surface area contributed by atoms with E-state index < -0.39 is 18.0 Å². The number of aromatic nitrogens is 3. The Balaban J connectivity index is 1.90. The summed E-state index contributed by atoms with van der Waals surface area (Å²) in [7, 11) is 0. The highest BCUT2D eigenvalue weighted by molar-refractivity contribution is 7.17. The third-order valence-electron chi connectivity index (χ3n) is 3.48. The number of carbonyl (C=O) groups excluding carboxylic acids is 1. The van der Waals surface area contributed by atoms with E-state index in [1.807, 2.05) is 0 Å². The largest absolute Gasteiger partial charge is 0.451 e. The predicted molar refractivity (Wildman–Crippen MR) is 73.8 cm³/mol. The van der Waals surface area contributed by atoms with Crippen molar-refractivity contribution in [1.29, 1.82) is 0 Å². The Morgan fingerprint density at radius 1 is 1.36 bits per heavy atom. The fourth-order valence-corrected chi connectivity index (χ4v) is 3.44. The lowest BCUT2D eigenvalue weighted by Crippen LogP contribution is -2.41. The van der Waals surface area contributed by atoms with Crippen LogP contribution in [0.25, 0.3) is 0 Å². The van der Waals surface area contributed by atoms with Gasteiger partial charge in [0.1, 0.15) is 0 Å². The molecule has 0 aliphatic carbocycles. The van der Waals surface area contributed by atoms with Crippen molar-refractivity contribution in [3.05, 3.63) is 33.0 Å². The zero-order chi connectivity index (χ0) is 16.1. The number of halogens is 4. The van der Waals surface area contributed by atoms with Crippen LogP contribution in [0.2, 0.25) is 4.34 Å². The molecule has 1 unspecified atom stereocenters. The van der Waals surface area contributed by atoms with Crippen LogP contribution in [-0.4, -0.2) is 32.1 Å². The Bertz CT molecular complexity index is 726. The molecule has 2 aromatic heterocycles. The van der Waals surface area contributed by atoms with Crippen molar-refractivity contribution in [1.82, 2.24) is 19.7 Å². The normalized spacial score (nSPS) is 18.4. The quantitative estimate of drug-likeness (QED) is 0.793. The molecule has 0 saturated heterocycles. The summed E-state index contributed by atoms with van der Waals surface area (Å²) in [5.74, 6) is -1.16. The highest BCUT2D eigenvalue weighted by Gasteiger charge is 2.41. The van der Waals surface area contributed by atoms with Gasteiger partial charge < -0.3 is 9.47 Å². The van der Waals surface area contributed by atoms with Crippen LogP contribution >= 0.6 is 22.9 Å². The molecule has 0 bridgehead atoms. The van der Waals surface area contributed by atoms with Crippen LogP contribution in [0.5, 0.6) is 0 Å². The first kappa shape index (κ1) is 15.3. The molecule has 0 fully saturated rings. The minimum atomic E-state index is -4.56. The van der Waals surface area contributed by atoms with Gasteiger partial charge in [-0.15, -0.1) is 21.5 Å². The summed E-state index contributed by atoms with van der Waals surface area (Å²) in [6.07, 6.45) is -4.56. The van der Waals surface area contributed by atoms with Gasteiger partial charge in [0.25, 0.3) is 5.91 Å². The number of thiophene rings is 1. The molecule has 1 amide bonds. The summed E-state index contributed by atoms with van der Waals surface area (Å²) in [6, 6.07) is 2.62. The van der Waals surface area contributed by atoms with E-state index in [2.05, 4.69) is 10.2 Å². The summed E-state index contributed by atoms with van der Waals surface area (Å²) >= 11 is 6.94. The zero-order valence-corrected chi connectivity index (χ0v) is 12.8. The van der Waals surface area contributed by atoms with E-state index in [0.717, 1.165) is 15.9 Å². The number of carbonyl (C=O) groups is 1. The number of fused-ring (bicyclic) bond motifs is 1. The molecule has 5 nitrogen and oxygen atoms in total. The van der Waals surface area contributed by atoms with Crippen molar-refractivity contribution in [2.45, 2.75) is 25.7 Å². The monoisotopic (exact) mass is 350 g/mol. The molecule has 0 aromatic carbocycles. The summed E-state index contributed by atoms with van der Waals surface area (Å²) in [4.78, 5) is 14.4. The van der Waals surface area contributed by atoms with Crippen LogP contribution in [-0.2, 0) is 12.7 Å². The van der Waals surface area contributed by atoms with Crippen molar-refractivity contribution in [3.8, 4) is 0 Å². The lowest BCUT2D eigenvalue weighted by molar-refractivity contribution is -0.148. The van der Waals surface area contributed by atoms with Crippen LogP contribution in [0.3, 0.4) is 0 Å². The highest BCUT2D eigenvalue weighted by atomic mass is 35.5. The van der Waals surface area contributed by atoms with E-state index in [4.69, 9.17) is 11.6 Å². The van der Waals surface area contributed by atoms with Gasteiger partial charge in [-0.2, -0.15) is 13.2 Å². The number of nitrogens with zero attached hydrogens (tertiary/aromatic N) is 4. The molecule has 3 rings (SSSR count). The smallest absolute Gasteiger partial charge is 0.326 e. The summed E-state index contributed by atoms with van der Waals surface area (Å²) in [6.45, 7) is 1.79. The Labute approximate surface area is 132 Å². The molecule has 0 N–H and O–H groups in total. The standard InChI is InChI=1S/C12H10ClF3N4OS/c1-6-9-17-18-11(12(14,15)16)20(9)5-4-19(6)10(21)7-2-3-8(13)22-7/h2-3,6H,4-5H2,1H3. The molecule has 3 heterocycles. The number of hydrogen-bond donors (Lipinski definition) is 0. The maximum atomic E-state index is 12.8. The first-order valence-corrected chi connectivity index (χ1v) is 7.55. The first-order valence-electron chi connectivity index (χ1n) is 6.35. The summed E-state index contributed by atoms with van der Waals surface area (Å²) < 4.78 is 40.0. The molecule has 1 aliphatic rings. The topological polar surface area (TPSA) is 51.0 Å². The Morgan fingerprint density at radius 2 is 2.09 bits per heavy atom. The van der Waals surface area contributed by atoms with Crippen molar-refractivity contribution in [3.63, 3.8) is 0 Å². The molecule has 2 aromatic rings. The minimum absolute atomic E-state index is 0.00631. The second-order valence-corrected chi connectivity index (χ2v) is 6.52. The van der Waals surface area contributed by atoms with Crippen LogP contribution < -0.4 is 0 Å². The van der Waals surface area contributed by atoms with Crippen molar-refractivity contribution < 1.29 is 18.0 Å². The number of hydrogen-bond acceptors (Lipinski definition) is 4. The van der Waals surface area contributed by atoms with Gasteiger partial charge in [0.05, 0.1) is 15.3 Å². The lowest BCUT2D eigenvalue weighted by Gasteiger charge is -2.33. The van der Waals surface area contributed by atoms with E-state index in [0.29, 0.717) is 9.21 Å². The second-order valence-electron chi connectivity index (χ2n) is 4.81. The Morgan fingerprint density at radius 3 is 2.68 bits per heavy atom. The first-order chi connectivity index (χ1) is 10.3. The predicted octanol–water partition coefficient (Wildman–Crippen LogP) is 3.23. The van der Waals surface area contributed by atoms with Crippen LogP contribution in [0.15, 0.2) is 12.1 Å². The summed E-state index contributed by atoms with van der Waals surface area (Å²) in [5, 5.41) is 6.83. The maximum absolute atomic E-state index is 12.8. The van der Waals surface area contributed by atoms with Gasteiger partial charge in [0, 0.05) is 13.1 Å². The van der Waals surface area contributed by atoms with Crippen molar-refractivity contribution >= 4 is 28.8 Å². The van der Waals surface area contributed by atoms with Gasteiger partial charge in [-0.05, 0) is 19.1 Å². The van der Waals surface area contributed by atoms with Crippen LogP contribution in [0.1, 0.15) is 34.3 Å². The molecule has 1 atom stereocenters. The number of amides is 1. The Hall–Kier alpha value is -1.61. The molecule has 22 heavy (non-hydrogen) atoms. The van der Waals surface area contributed by atoms with Gasteiger partial charge in [-0.25, -0.2) is 0 Å². The fraction of sp³-hybridized carbons (Fsp3) is 0.417. The van der Waals surface area contributed by atoms with Gasteiger partial charge in [0.15, 0.2) is 5.82 Å². The molecule has 0 radical (unpaired) electrons. The molecular formula is C12H10ClF3N4OS. The third kappa shape index (κ3) is 2.48. The second kappa shape index (κ2) is 5.24. The highest BCUT2D eigenvalue weighted by Crippen LogP contribution is 2.34. The molecule has 0 spiro atoms. The summed E-state index contributed by atoms with van der Waals surface area (Å²) in [5.41, 5.74) is 0. The fourth-order valence-electron chi connectivity index (χ4n) is 2.44. The number of rotatable bonds is 1. The van der Waals surface area contributed by atoms with E-state index in [1.165, 1.54) is 4.90 Å². The molecule has 10 heteroatoms.